The normalized spacial score (nSPS) is 12.3. The summed E-state index contributed by atoms with van der Waals surface area (Å²) in [5, 5.41) is 6.23. The first kappa shape index (κ1) is 15.5. The molecule has 1 aromatic carbocycles. The molecule has 0 aromatic heterocycles. The molecule has 1 atom stereocenters. The van der Waals surface area contributed by atoms with Gasteiger partial charge in [0, 0.05) is 24.5 Å². The summed E-state index contributed by atoms with van der Waals surface area (Å²) in [4.78, 5) is 11.4. The highest BCUT2D eigenvalue weighted by Gasteiger charge is 2.06. The molecule has 19 heavy (non-hydrogen) atoms. The van der Waals surface area contributed by atoms with Gasteiger partial charge in [0.1, 0.15) is 6.61 Å². The van der Waals surface area contributed by atoms with E-state index in [0.29, 0.717) is 12.0 Å². The summed E-state index contributed by atoms with van der Waals surface area (Å²) in [5.41, 5.74) is 1.80. The third-order valence-electron chi connectivity index (χ3n) is 2.66. The maximum atomic E-state index is 11.4. The van der Waals surface area contributed by atoms with E-state index in [2.05, 4.69) is 31.4 Å². The van der Waals surface area contributed by atoms with Crippen molar-refractivity contribution in [3.63, 3.8) is 0 Å². The highest BCUT2D eigenvalue weighted by Crippen LogP contribution is 2.17. The molecule has 106 valence electrons. The first-order valence-electron chi connectivity index (χ1n) is 6.66. The molecule has 0 bridgehead atoms. The fraction of sp³-hybridized carbons (Fsp3) is 0.533. The lowest BCUT2D eigenvalue weighted by molar-refractivity contribution is -0.119. The van der Waals surface area contributed by atoms with E-state index in [0.717, 1.165) is 17.8 Å². The van der Waals surface area contributed by atoms with Crippen molar-refractivity contribution in [2.45, 2.75) is 33.2 Å². The molecule has 1 amide bonds. The van der Waals surface area contributed by atoms with Gasteiger partial charge in [-0.05, 0) is 37.5 Å². The molecule has 2 N–H and O–H groups in total. The molecule has 1 aromatic rings. The van der Waals surface area contributed by atoms with Crippen LogP contribution in [0.1, 0.15) is 27.2 Å². The first-order chi connectivity index (χ1) is 9.01. The smallest absolute Gasteiger partial charge is 0.250 e. The lowest BCUT2D eigenvalue weighted by atomic mass is 10.1. The average Bonchev–Trinajstić information content (AvgIpc) is 2.28. The highest BCUT2D eigenvalue weighted by molar-refractivity contribution is 5.92. The van der Waals surface area contributed by atoms with Crippen LogP contribution >= 0.6 is 0 Å². The Morgan fingerprint density at radius 3 is 2.58 bits per heavy atom. The molecule has 0 radical (unpaired) electrons. The van der Waals surface area contributed by atoms with E-state index in [1.165, 1.54) is 7.11 Å². The highest BCUT2D eigenvalue weighted by atomic mass is 16.5. The lowest BCUT2D eigenvalue weighted by Gasteiger charge is -2.17. The Bertz CT molecular complexity index is 405. The maximum Gasteiger partial charge on any atom is 0.250 e. The summed E-state index contributed by atoms with van der Waals surface area (Å²) in [5.74, 6) is 0.516. The van der Waals surface area contributed by atoms with Crippen molar-refractivity contribution in [2.24, 2.45) is 5.92 Å². The van der Waals surface area contributed by atoms with Gasteiger partial charge in [0.15, 0.2) is 0 Å². The standard InChI is InChI=1S/C15H24N2O2/c1-11(2)8-12(3)16-13-6-5-7-14(9-13)17-15(18)10-19-4/h5-7,9,11-12,16H,8,10H2,1-4H3,(H,17,18). The molecule has 1 rings (SSSR count). The van der Waals surface area contributed by atoms with Gasteiger partial charge >= 0.3 is 0 Å². The van der Waals surface area contributed by atoms with Crippen LogP contribution in [0.2, 0.25) is 0 Å². The number of carbonyl (C=O) groups is 1. The predicted molar refractivity (Wildman–Crippen MR) is 79.5 cm³/mol. The third kappa shape index (κ3) is 6.25. The maximum absolute atomic E-state index is 11.4. The molecule has 0 spiro atoms. The molecule has 0 aliphatic heterocycles. The summed E-state index contributed by atoms with van der Waals surface area (Å²) in [6.45, 7) is 6.65. The Hall–Kier alpha value is -1.55. The Balaban J connectivity index is 2.59. The lowest BCUT2D eigenvalue weighted by Crippen LogP contribution is -2.19. The second-order valence-corrected chi connectivity index (χ2v) is 5.24. The molecule has 1 unspecified atom stereocenters. The topological polar surface area (TPSA) is 50.4 Å². The van der Waals surface area contributed by atoms with Crippen molar-refractivity contribution in [3.05, 3.63) is 24.3 Å². The van der Waals surface area contributed by atoms with Gasteiger partial charge in [-0.3, -0.25) is 4.79 Å². The van der Waals surface area contributed by atoms with Crippen molar-refractivity contribution in [3.8, 4) is 0 Å². The second kappa shape index (κ2) is 7.79. The van der Waals surface area contributed by atoms with Crippen molar-refractivity contribution < 1.29 is 9.53 Å². The van der Waals surface area contributed by atoms with Crippen molar-refractivity contribution >= 4 is 17.3 Å². The Morgan fingerprint density at radius 2 is 1.95 bits per heavy atom. The molecule has 0 heterocycles. The van der Waals surface area contributed by atoms with Gasteiger partial charge in [-0.1, -0.05) is 19.9 Å². The van der Waals surface area contributed by atoms with Crippen molar-refractivity contribution in [1.29, 1.82) is 0 Å². The van der Waals surface area contributed by atoms with Crippen LogP contribution in [0.4, 0.5) is 11.4 Å². The van der Waals surface area contributed by atoms with E-state index in [1.807, 2.05) is 24.3 Å². The number of rotatable bonds is 7. The summed E-state index contributed by atoms with van der Waals surface area (Å²) in [6, 6.07) is 8.14. The Labute approximate surface area is 115 Å². The largest absolute Gasteiger partial charge is 0.383 e. The van der Waals surface area contributed by atoms with E-state index >= 15 is 0 Å². The Morgan fingerprint density at radius 1 is 1.26 bits per heavy atom. The first-order valence-corrected chi connectivity index (χ1v) is 6.66. The molecule has 4 nitrogen and oxygen atoms in total. The number of anilines is 2. The molecule has 0 saturated heterocycles. The number of hydrogen-bond donors (Lipinski definition) is 2. The quantitative estimate of drug-likeness (QED) is 0.795. The molecule has 0 saturated carbocycles. The van der Waals surface area contributed by atoms with E-state index in [1.54, 1.807) is 0 Å². The number of nitrogens with one attached hydrogen (secondary N) is 2. The van der Waals surface area contributed by atoms with Crippen molar-refractivity contribution in [2.75, 3.05) is 24.4 Å². The van der Waals surface area contributed by atoms with Gasteiger partial charge in [0.05, 0.1) is 0 Å². The summed E-state index contributed by atoms with van der Waals surface area (Å²) in [7, 11) is 1.51. The van der Waals surface area contributed by atoms with E-state index in [9.17, 15) is 4.79 Å². The molecule has 0 fully saturated rings. The number of benzene rings is 1. The summed E-state index contributed by atoms with van der Waals surface area (Å²) < 4.78 is 4.79. The molecule has 4 heteroatoms. The number of carbonyl (C=O) groups excluding carboxylic acids is 1. The fourth-order valence-corrected chi connectivity index (χ4v) is 2.07. The predicted octanol–water partition coefficient (Wildman–Crippen LogP) is 3.12. The number of ether oxygens (including phenoxy) is 1. The average molecular weight is 264 g/mol. The zero-order valence-electron chi connectivity index (χ0n) is 12.2. The van der Waals surface area contributed by atoms with Gasteiger partial charge in [-0.2, -0.15) is 0 Å². The zero-order valence-corrected chi connectivity index (χ0v) is 12.2. The van der Waals surface area contributed by atoms with Crippen LogP contribution in [0.15, 0.2) is 24.3 Å². The SMILES string of the molecule is COCC(=O)Nc1cccc(NC(C)CC(C)C)c1. The van der Waals surface area contributed by atoms with E-state index < -0.39 is 0 Å². The van der Waals surface area contributed by atoms with Crippen LogP contribution in [0, 0.1) is 5.92 Å². The number of methoxy groups -OCH3 is 1. The van der Waals surface area contributed by atoms with Crippen LogP contribution in [0.5, 0.6) is 0 Å². The molecule has 0 aliphatic rings. The number of hydrogen-bond acceptors (Lipinski definition) is 3. The Kier molecular flexibility index (Phi) is 6.36. The van der Waals surface area contributed by atoms with Gasteiger partial charge < -0.3 is 15.4 Å². The minimum Gasteiger partial charge on any atom is -0.383 e. The van der Waals surface area contributed by atoms with Gasteiger partial charge in [0.25, 0.3) is 0 Å². The van der Waals surface area contributed by atoms with Crippen LogP contribution < -0.4 is 10.6 Å². The van der Waals surface area contributed by atoms with Crippen LogP contribution in [-0.4, -0.2) is 25.7 Å². The monoisotopic (exact) mass is 264 g/mol. The van der Waals surface area contributed by atoms with Crippen LogP contribution in [0.3, 0.4) is 0 Å². The van der Waals surface area contributed by atoms with E-state index in [4.69, 9.17) is 4.74 Å². The minimum absolute atomic E-state index is 0.0708. The van der Waals surface area contributed by atoms with Crippen LogP contribution in [0.25, 0.3) is 0 Å². The van der Waals surface area contributed by atoms with Crippen LogP contribution in [-0.2, 0) is 9.53 Å². The summed E-state index contributed by atoms with van der Waals surface area (Å²) >= 11 is 0. The molecule has 0 aliphatic carbocycles. The summed E-state index contributed by atoms with van der Waals surface area (Å²) in [6.07, 6.45) is 1.11. The van der Waals surface area contributed by atoms with E-state index in [-0.39, 0.29) is 12.5 Å². The zero-order chi connectivity index (χ0) is 14.3. The fourth-order valence-electron chi connectivity index (χ4n) is 2.07. The van der Waals surface area contributed by atoms with Gasteiger partial charge in [-0.25, -0.2) is 0 Å². The molecular formula is C15H24N2O2. The van der Waals surface area contributed by atoms with Gasteiger partial charge in [-0.15, -0.1) is 0 Å². The van der Waals surface area contributed by atoms with Crippen molar-refractivity contribution in [1.82, 2.24) is 0 Å². The minimum atomic E-state index is -0.144. The number of amides is 1. The molecular weight excluding hydrogens is 240 g/mol. The second-order valence-electron chi connectivity index (χ2n) is 5.24. The van der Waals surface area contributed by atoms with Gasteiger partial charge in [0.2, 0.25) is 5.91 Å². The third-order valence-corrected chi connectivity index (χ3v) is 2.66.